The summed E-state index contributed by atoms with van der Waals surface area (Å²) in [5.74, 6) is 0.476. The summed E-state index contributed by atoms with van der Waals surface area (Å²) in [6.45, 7) is 1.17. The van der Waals surface area contributed by atoms with Crippen LogP contribution < -0.4 is 11.1 Å². The lowest BCUT2D eigenvalue weighted by Crippen LogP contribution is -2.35. The van der Waals surface area contributed by atoms with Gasteiger partial charge in [-0.1, -0.05) is 0 Å². The fraction of sp³-hybridized carbons (Fsp3) is 0.800. The number of hydrogen-bond donors (Lipinski definition) is 3. The molecule has 0 bridgehead atoms. The molecule has 0 rings (SSSR count). The van der Waals surface area contributed by atoms with Crippen LogP contribution in [0.1, 0.15) is 0 Å². The zero-order chi connectivity index (χ0) is 7.11. The first-order valence-electron chi connectivity index (χ1n) is 2.77. The van der Waals surface area contributed by atoms with Crippen LogP contribution in [-0.2, 0) is 4.79 Å². The highest BCUT2D eigenvalue weighted by Gasteiger charge is 2.01. The fourth-order valence-corrected chi connectivity index (χ4v) is 0.605. The second kappa shape index (κ2) is 6.07. The molecular weight excluding hydrogens is 136 g/mol. The van der Waals surface area contributed by atoms with Gasteiger partial charge in [0.05, 0.1) is 6.04 Å². The van der Waals surface area contributed by atoms with Crippen molar-refractivity contribution in [1.29, 1.82) is 0 Å². The Labute approximate surface area is 60.4 Å². The molecule has 0 spiro atoms. The predicted molar refractivity (Wildman–Crippen MR) is 40.4 cm³/mol. The monoisotopic (exact) mass is 147 g/mol. The van der Waals surface area contributed by atoms with Gasteiger partial charge in [-0.3, -0.25) is 4.79 Å². The molecular formula is C5H11N2OS. The minimum absolute atomic E-state index is 0.267. The van der Waals surface area contributed by atoms with Crippen LogP contribution in [0.2, 0.25) is 0 Å². The number of thiol groups is 1. The average Bonchev–Trinajstić information content (AvgIpc) is 1.91. The van der Waals surface area contributed by atoms with Crippen LogP contribution in [0.4, 0.5) is 0 Å². The average molecular weight is 147 g/mol. The van der Waals surface area contributed by atoms with Crippen LogP contribution in [0.3, 0.4) is 0 Å². The molecule has 1 atom stereocenters. The van der Waals surface area contributed by atoms with E-state index in [1.165, 1.54) is 0 Å². The van der Waals surface area contributed by atoms with Crippen molar-refractivity contribution in [1.82, 2.24) is 5.32 Å². The maximum Gasteiger partial charge on any atom is 0.217 e. The van der Waals surface area contributed by atoms with Crippen molar-refractivity contribution in [3.63, 3.8) is 0 Å². The van der Waals surface area contributed by atoms with Crippen molar-refractivity contribution in [3.8, 4) is 0 Å². The first-order chi connectivity index (χ1) is 4.35. The summed E-state index contributed by atoms with van der Waals surface area (Å²) in [5, 5.41) is 2.84. The van der Waals surface area contributed by atoms with E-state index >= 15 is 0 Å². The molecule has 0 aliphatic heterocycles. The van der Waals surface area contributed by atoms with Gasteiger partial charge in [0.2, 0.25) is 6.29 Å². The third kappa shape index (κ3) is 4.44. The van der Waals surface area contributed by atoms with Gasteiger partial charge in [0.15, 0.2) is 0 Å². The van der Waals surface area contributed by atoms with Crippen LogP contribution >= 0.6 is 12.6 Å². The molecule has 0 fully saturated rings. The first-order valence-corrected chi connectivity index (χ1v) is 3.40. The highest BCUT2D eigenvalue weighted by Crippen LogP contribution is 1.80. The van der Waals surface area contributed by atoms with Gasteiger partial charge in [0.1, 0.15) is 0 Å². The molecule has 0 aliphatic rings. The number of carbonyl (C=O) groups excluding carboxylic acids is 1. The molecule has 0 saturated heterocycles. The number of rotatable bonds is 5. The van der Waals surface area contributed by atoms with Crippen LogP contribution in [0.5, 0.6) is 0 Å². The van der Waals surface area contributed by atoms with E-state index in [0.717, 1.165) is 0 Å². The quantitative estimate of drug-likeness (QED) is 0.435. The van der Waals surface area contributed by atoms with E-state index in [-0.39, 0.29) is 6.04 Å². The normalized spacial score (nSPS) is 13.1. The van der Waals surface area contributed by atoms with E-state index in [9.17, 15) is 4.79 Å². The summed E-state index contributed by atoms with van der Waals surface area (Å²) in [6, 6.07) is -0.267. The van der Waals surface area contributed by atoms with Crippen molar-refractivity contribution >= 4 is 18.9 Å². The first kappa shape index (κ1) is 8.94. The zero-order valence-electron chi connectivity index (χ0n) is 5.13. The van der Waals surface area contributed by atoms with Crippen molar-refractivity contribution in [2.24, 2.45) is 5.73 Å². The summed E-state index contributed by atoms with van der Waals surface area (Å²) in [5.41, 5.74) is 5.17. The highest BCUT2D eigenvalue weighted by atomic mass is 32.1. The second-order valence-electron chi connectivity index (χ2n) is 1.60. The van der Waals surface area contributed by atoms with E-state index in [4.69, 9.17) is 5.73 Å². The number of nitrogens with one attached hydrogen (secondary N) is 1. The van der Waals surface area contributed by atoms with Crippen LogP contribution in [0, 0.1) is 0 Å². The maximum absolute atomic E-state index is 9.96. The lowest BCUT2D eigenvalue weighted by molar-refractivity contribution is 0.528. The van der Waals surface area contributed by atoms with E-state index in [1.54, 1.807) is 6.29 Å². The third-order valence-electron chi connectivity index (χ3n) is 0.860. The molecule has 0 aromatic rings. The van der Waals surface area contributed by atoms with Gasteiger partial charge in [0.25, 0.3) is 0 Å². The van der Waals surface area contributed by atoms with Crippen molar-refractivity contribution in [2.75, 3.05) is 18.8 Å². The topological polar surface area (TPSA) is 55.1 Å². The molecule has 0 amide bonds. The Morgan fingerprint density at radius 3 is 2.78 bits per heavy atom. The van der Waals surface area contributed by atoms with Crippen LogP contribution in [0.15, 0.2) is 0 Å². The van der Waals surface area contributed by atoms with Crippen molar-refractivity contribution in [2.45, 2.75) is 6.04 Å². The van der Waals surface area contributed by atoms with Gasteiger partial charge >= 0.3 is 0 Å². The Hall–Kier alpha value is -0.0600. The molecule has 0 aliphatic carbocycles. The standard InChI is InChI=1S/C5H11N2OS/c6-1-2-7-5(3-8)4-9/h5,7,9H,1-2,4,6H2/t5-/m1/s1. The van der Waals surface area contributed by atoms with Gasteiger partial charge in [-0.2, -0.15) is 12.6 Å². The summed E-state index contributed by atoms with van der Waals surface area (Å²) < 4.78 is 0. The van der Waals surface area contributed by atoms with Gasteiger partial charge in [0, 0.05) is 18.8 Å². The fourth-order valence-electron chi connectivity index (χ4n) is 0.401. The highest BCUT2D eigenvalue weighted by molar-refractivity contribution is 7.80. The van der Waals surface area contributed by atoms with E-state index < -0.39 is 0 Å². The van der Waals surface area contributed by atoms with Crippen molar-refractivity contribution < 1.29 is 4.79 Å². The summed E-state index contributed by atoms with van der Waals surface area (Å²) in [6.07, 6.45) is 1.79. The summed E-state index contributed by atoms with van der Waals surface area (Å²) in [4.78, 5) is 9.96. The van der Waals surface area contributed by atoms with E-state index in [2.05, 4.69) is 17.9 Å². The van der Waals surface area contributed by atoms with Crippen LogP contribution in [0.25, 0.3) is 0 Å². The molecule has 0 heterocycles. The van der Waals surface area contributed by atoms with Gasteiger partial charge < -0.3 is 11.1 Å². The smallest absolute Gasteiger partial charge is 0.217 e. The molecule has 3 N–H and O–H groups in total. The van der Waals surface area contributed by atoms with Gasteiger partial charge in [-0.05, 0) is 0 Å². The lowest BCUT2D eigenvalue weighted by Gasteiger charge is -2.05. The lowest BCUT2D eigenvalue weighted by atomic mass is 10.4. The summed E-state index contributed by atoms with van der Waals surface area (Å²) in [7, 11) is 0. The summed E-state index contributed by atoms with van der Waals surface area (Å²) >= 11 is 3.90. The SMILES string of the molecule is NCCN[C@H]([C]=O)CS. The molecule has 3 nitrogen and oxygen atoms in total. The molecule has 9 heavy (non-hydrogen) atoms. The molecule has 0 aromatic heterocycles. The Morgan fingerprint density at radius 2 is 2.44 bits per heavy atom. The number of nitrogens with two attached hydrogens (primary N) is 1. The molecule has 0 saturated carbocycles. The Kier molecular flexibility index (Phi) is 6.03. The minimum Gasteiger partial charge on any atom is -0.329 e. The van der Waals surface area contributed by atoms with E-state index in [1.807, 2.05) is 0 Å². The number of hydrogen-bond acceptors (Lipinski definition) is 4. The van der Waals surface area contributed by atoms with E-state index in [0.29, 0.717) is 18.8 Å². The predicted octanol–water partition coefficient (Wildman–Crippen LogP) is -1.06. The van der Waals surface area contributed by atoms with Crippen LogP contribution in [-0.4, -0.2) is 31.2 Å². The molecule has 0 unspecified atom stereocenters. The Balaban J connectivity index is 3.20. The molecule has 4 heteroatoms. The maximum atomic E-state index is 9.96. The van der Waals surface area contributed by atoms with Gasteiger partial charge in [-0.25, -0.2) is 0 Å². The zero-order valence-corrected chi connectivity index (χ0v) is 6.03. The van der Waals surface area contributed by atoms with Crippen molar-refractivity contribution in [3.05, 3.63) is 0 Å². The molecule has 0 aromatic carbocycles. The molecule has 1 radical (unpaired) electrons. The Morgan fingerprint density at radius 1 is 1.78 bits per heavy atom. The largest absolute Gasteiger partial charge is 0.329 e. The third-order valence-corrected chi connectivity index (χ3v) is 1.23. The molecule has 53 valence electrons. The Bertz CT molecular complexity index is 79.4. The second-order valence-corrected chi connectivity index (χ2v) is 1.96. The minimum atomic E-state index is -0.267. The van der Waals surface area contributed by atoms with Gasteiger partial charge in [-0.15, -0.1) is 0 Å².